The van der Waals surface area contributed by atoms with E-state index in [1.807, 2.05) is 20.8 Å². The van der Waals surface area contributed by atoms with Gasteiger partial charge in [-0.05, 0) is 45.4 Å². The third-order valence-electron chi connectivity index (χ3n) is 4.17. The van der Waals surface area contributed by atoms with Crippen LogP contribution in [0.25, 0.3) is 0 Å². The molecule has 0 aliphatic heterocycles. The highest BCUT2D eigenvalue weighted by Gasteiger charge is 2.20. The lowest BCUT2D eigenvalue weighted by Crippen LogP contribution is -2.35. The highest BCUT2D eigenvalue weighted by Crippen LogP contribution is 2.28. The Labute approximate surface area is 121 Å². The van der Waals surface area contributed by atoms with Gasteiger partial charge in [-0.25, -0.2) is 4.98 Å². The van der Waals surface area contributed by atoms with Crippen LogP contribution in [0, 0.1) is 11.8 Å². The fourth-order valence-corrected chi connectivity index (χ4v) is 3.05. The molecule has 0 bridgehead atoms. The third kappa shape index (κ3) is 3.62. The number of anilines is 1. The second-order valence-corrected chi connectivity index (χ2v) is 7.14. The summed E-state index contributed by atoms with van der Waals surface area (Å²) < 4.78 is 1.74. The van der Waals surface area contributed by atoms with E-state index in [9.17, 15) is 4.79 Å². The zero-order chi connectivity index (χ0) is 14.8. The number of hydrogen-bond acceptors (Lipinski definition) is 3. The third-order valence-corrected chi connectivity index (χ3v) is 4.17. The molecule has 1 saturated carbocycles. The minimum atomic E-state index is -0.212. The molecule has 1 aromatic heterocycles. The van der Waals surface area contributed by atoms with Gasteiger partial charge in [0.15, 0.2) is 5.82 Å². The molecule has 112 valence electrons. The van der Waals surface area contributed by atoms with Crippen LogP contribution in [0.1, 0.15) is 53.4 Å². The van der Waals surface area contributed by atoms with Crippen molar-refractivity contribution in [2.75, 3.05) is 11.9 Å². The quantitative estimate of drug-likeness (QED) is 0.922. The lowest BCUT2D eigenvalue weighted by atomic mass is 9.82. The van der Waals surface area contributed by atoms with Crippen molar-refractivity contribution in [3.05, 3.63) is 22.7 Å². The molecule has 1 aliphatic carbocycles. The van der Waals surface area contributed by atoms with Crippen molar-refractivity contribution in [2.45, 2.75) is 58.9 Å². The minimum absolute atomic E-state index is 0.0242. The molecule has 0 spiro atoms. The van der Waals surface area contributed by atoms with Gasteiger partial charge >= 0.3 is 0 Å². The molecule has 20 heavy (non-hydrogen) atoms. The van der Waals surface area contributed by atoms with Gasteiger partial charge in [-0.2, -0.15) is 0 Å². The highest BCUT2D eigenvalue weighted by molar-refractivity contribution is 5.31. The summed E-state index contributed by atoms with van der Waals surface area (Å²) in [4.78, 5) is 16.6. The Kier molecular flexibility index (Phi) is 4.51. The Morgan fingerprint density at radius 3 is 2.80 bits per heavy atom. The van der Waals surface area contributed by atoms with Crippen LogP contribution in [0.15, 0.2) is 17.2 Å². The van der Waals surface area contributed by atoms with E-state index in [-0.39, 0.29) is 11.1 Å². The molecular formula is C16H27N3O. The van der Waals surface area contributed by atoms with Gasteiger partial charge in [0, 0.05) is 24.5 Å². The number of nitrogens with one attached hydrogen (secondary N) is 1. The van der Waals surface area contributed by atoms with E-state index >= 15 is 0 Å². The zero-order valence-corrected chi connectivity index (χ0v) is 13.1. The van der Waals surface area contributed by atoms with E-state index < -0.39 is 0 Å². The molecule has 4 nitrogen and oxygen atoms in total. The van der Waals surface area contributed by atoms with Crippen LogP contribution in [-0.2, 0) is 5.54 Å². The zero-order valence-electron chi connectivity index (χ0n) is 13.1. The lowest BCUT2D eigenvalue weighted by Gasteiger charge is -2.27. The largest absolute Gasteiger partial charge is 0.365 e. The van der Waals surface area contributed by atoms with E-state index in [1.54, 1.807) is 17.0 Å². The topological polar surface area (TPSA) is 46.9 Å². The van der Waals surface area contributed by atoms with E-state index in [0.717, 1.165) is 12.5 Å². The average Bonchev–Trinajstić information content (AvgIpc) is 2.36. The van der Waals surface area contributed by atoms with Crippen LogP contribution in [0.3, 0.4) is 0 Å². The predicted molar refractivity (Wildman–Crippen MR) is 83.1 cm³/mol. The van der Waals surface area contributed by atoms with Gasteiger partial charge < -0.3 is 9.88 Å². The fourth-order valence-electron chi connectivity index (χ4n) is 3.05. The summed E-state index contributed by atoms with van der Waals surface area (Å²) >= 11 is 0. The Hall–Kier alpha value is -1.32. The second-order valence-electron chi connectivity index (χ2n) is 7.14. The van der Waals surface area contributed by atoms with E-state index in [0.29, 0.717) is 11.7 Å². The standard InChI is InChI=1S/C16H27N3O/c1-12-6-5-7-13(10-12)11-18-14-15(20)19(9-8-17-14)16(2,3)4/h8-9,12-13H,5-7,10-11H2,1-4H3,(H,17,18). The molecule has 2 rings (SSSR count). The Morgan fingerprint density at radius 1 is 1.40 bits per heavy atom. The SMILES string of the molecule is CC1CCCC(CNc2nccn(C(C)(C)C)c2=O)C1. The van der Waals surface area contributed by atoms with E-state index in [2.05, 4.69) is 17.2 Å². The van der Waals surface area contributed by atoms with Crippen LogP contribution in [0.4, 0.5) is 5.82 Å². The van der Waals surface area contributed by atoms with Crippen molar-refractivity contribution in [2.24, 2.45) is 11.8 Å². The first-order chi connectivity index (χ1) is 9.38. The Balaban J connectivity index is 2.05. The summed E-state index contributed by atoms with van der Waals surface area (Å²) in [5, 5.41) is 3.27. The summed E-state index contributed by atoms with van der Waals surface area (Å²) in [6.45, 7) is 9.27. The molecule has 0 radical (unpaired) electrons. The summed E-state index contributed by atoms with van der Waals surface area (Å²) in [6, 6.07) is 0. The Morgan fingerprint density at radius 2 is 2.15 bits per heavy atom. The van der Waals surface area contributed by atoms with Gasteiger partial charge in [-0.3, -0.25) is 4.79 Å². The normalized spacial score (nSPS) is 23.6. The van der Waals surface area contributed by atoms with Crippen LogP contribution >= 0.6 is 0 Å². The summed E-state index contributed by atoms with van der Waals surface area (Å²) in [7, 11) is 0. The maximum atomic E-state index is 12.4. The molecular weight excluding hydrogens is 250 g/mol. The van der Waals surface area contributed by atoms with Crippen molar-refractivity contribution in [3.8, 4) is 0 Å². The van der Waals surface area contributed by atoms with Crippen molar-refractivity contribution in [1.29, 1.82) is 0 Å². The van der Waals surface area contributed by atoms with Crippen molar-refractivity contribution >= 4 is 5.82 Å². The van der Waals surface area contributed by atoms with Gasteiger partial charge in [0.05, 0.1) is 0 Å². The number of aromatic nitrogens is 2. The molecule has 1 N–H and O–H groups in total. The minimum Gasteiger partial charge on any atom is -0.365 e. The van der Waals surface area contributed by atoms with Gasteiger partial charge in [0.25, 0.3) is 5.56 Å². The molecule has 1 aromatic rings. The summed E-state index contributed by atoms with van der Waals surface area (Å²) in [6.07, 6.45) is 8.64. The van der Waals surface area contributed by atoms with Gasteiger partial charge in [-0.15, -0.1) is 0 Å². The molecule has 0 aromatic carbocycles. The van der Waals surface area contributed by atoms with Crippen molar-refractivity contribution < 1.29 is 0 Å². The number of hydrogen-bond donors (Lipinski definition) is 1. The summed E-state index contributed by atoms with van der Waals surface area (Å²) in [5.74, 6) is 1.97. The molecule has 1 fully saturated rings. The number of nitrogens with zero attached hydrogens (tertiary/aromatic N) is 2. The molecule has 4 heteroatoms. The monoisotopic (exact) mass is 277 g/mol. The van der Waals surface area contributed by atoms with Gasteiger partial charge in [0.1, 0.15) is 0 Å². The Bertz CT molecular complexity index is 501. The fraction of sp³-hybridized carbons (Fsp3) is 0.750. The smallest absolute Gasteiger partial charge is 0.293 e. The molecule has 1 aliphatic rings. The maximum Gasteiger partial charge on any atom is 0.293 e. The second kappa shape index (κ2) is 5.98. The highest BCUT2D eigenvalue weighted by atomic mass is 16.1. The van der Waals surface area contributed by atoms with E-state index in [1.165, 1.54) is 25.7 Å². The molecule has 0 saturated heterocycles. The maximum absolute atomic E-state index is 12.4. The van der Waals surface area contributed by atoms with Crippen LogP contribution < -0.4 is 10.9 Å². The van der Waals surface area contributed by atoms with Crippen LogP contribution in [-0.4, -0.2) is 16.1 Å². The molecule has 2 unspecified atom stereocenters. The first-order valence-corrected chi connectivity index (χ1v) is 7.70. The summed E-state index contributed by atoms with van der Waals surface area (Å²) in [5.41, 5.74) is -0.237. The van der Waals surface area contributed by atoms with Gasteiger partial charge in [-0.1, -0.05) is 19.8 Å². The first-order valence-electron chi connectivity index (χ1n) is 7.70. The van der Waals surface area contributed by atoms with Crippen molar-refractivity contribution in [1.82, 2.24) is 9.55 Å². The van der Waals surface area contributed by atoms with Crippen LogP contribution in [0.5, 0.6) is 0 Å². The molecule has 1 heterocycles. The number of rotatable bonds is 3. The van der Waals surface area contributed by atoms with Crippen molar-refractivity contribution in [3.63, 3.8) is 0 Å². The van der Waals surface area contributed by atoms with E-state index in [4.69, 9.17) is 0 Å². The lowest BCUT2D eigenvalue weighted by molar-refractivity contribution is 0.293. The van der Waals surface area contributed by atoms with Gasteiger partial charge in [0.2, 0.25) is 0 Å². The molecule has 2 atom stereocenters. The van der Waals surface area contributed by atoms with Crippen LogP contribution in [0.2, 0.25) is 0 Å². The average molecular weight is 277 g/mol. The molecule has 0 amide bonds. The predicted octanol–water partition coefficient (Wildman–Crippen LogP) is 3.24. The first kappa shape index (κ1) is 15.1.